The lowest BCUT2D eigenvalue weighted by atomic mass is 9.74. The molecule has 0 spiro atoms. The second-order valence-electron chi connectivity index (χ2n) is 10.5. The first-order chi connectivity index (χ1) is 17.7. The molecule has 0 radical (unpaired) electrons. The summed E-state index contributed by atoms with van der Waals surface area (Å²) in [5.41, 5.74) is 1.71. The van der Waals surface area contributed by atoms with Gasteiger partial charge in [0.25, 0.3) is 10.0 Å². The third kappa shape index (κ3) is 6.74. The first kappa shape index (κ1) is 31.7. The average Bonchev–Trinajstić information content (AvgIpc) is 3.26. The van der Waals surface area contributed by atoms with E-state index in [1.807, 2.05) is 45.9 Å². The van der Waals surface area contributed by atoms with Gasteiger partial charge in [0, 0.05) is 22.3 Å². The van der Waals surface area contributed by atoms with Crippen molar-refractivity contribution in [1.29, 1.82) is 0 Å². The van der Waals surface area contributed by atoms with Gasteiger partial charge in [-0.3, -0.25) is 9.59 Å². The standard InChI is InChI=1S/C29H41NO6S2/c1-10-15-30(18-26(32)35-9)38(33,34)27-21(5)17-25(37-27)29(11-2,12-3)22-13-14-23(20(4)16-22)36-19-24(31)28(6,7)8/h10,13-14,16-17H,1,11-12,15,18-19H2,2-9H3. The lowest BCUT2D eigenvalue weighted by molar-refractivity contribution is -0.140. The van der Waals surface area contributed by atoms with Crippen molar-refractivity contribution < 1.29 is 27.5 Å². The van der Waals surface area contributed by atoms with Gasteiger partial charge in [-0.25, -0.2) is 8.42 Å². The summed E-state index contributed by atoms with van der Waals surface area (Å²) >= 11 is 1.24. The molecule has 0 saturated heterocycles. The van der Waals surface area contributed by atoms with Crippen molar-refractivity contribution in [3.63, 3.8) is 0 Å². The zero-order valence-corrected chi connectivity index (χ0v) is 25.5. The molecule has 0 saturated carbocycles. The molecule has 0 aliphatic rings. The second-order valence-corrected chi connectivity index (χ2v) is 13.7. The summed E-state index contributed by atoms with van der Waals surface area (Å²) in [6.07, 6.45) is 2.96. The molecule has 0 atom stereocenters. The summed E-state index contributed by atoms with van der Waals surface area (Å²) in [6, 6.07) is 7.90. The molecule has 7 nitrogen and oxygen atoms in total. The third-order valence-corrected chi connectivity index (χ3v) is 10.8. The number of carbonyl (C=O) groups is 2. The molecular formula is C29H41NO6S2. The first-order valence-electron chi connectivity index (χ1n) is 12.7. The zero-order chi connectivity index (χ0) is 28.9. The van der Waals surface area contributed by atoms with Crippen molar-refractivity contribution in [3.8, 4) is 5.75 Å². The average molecular weight is 564 g/mol. The molecule has 0 bridgehead atoms. The quantitative estimate of drug-likeness (QED) is 0.226. The van der Waals surface area contributed by atoms with E-state index in [9.17, 15) is 18.0 Å². The molecule has 0 fully saturated rings. The molecule has 1 heterocycles. The Morgan fingerprint density at radius 3 is 2.21 bits per heavy atom. The Labute approximate surface area is 231 Å². The van der Waals surface area contributed by atoms with E-state index in [0.717, 1.165) is 33.2 Å². The molecule has 0 amide bonds. The third-order valence-electron chi connectivity index (χ3n) is 6.91. The lowest BCUT2D eigenvalue weighted by Gasteiger charge is -2.32. The fraction of sp³-hybridized carbons (Fsp3) is 0.517. The molecule has 38 heavy (non-hydrogen) atoms. The number of ether oxygens (including phenoxy) is 2. The Hall–Kier alpha value is -2.49. The minimum absolute atomic E-state index is 0.00478. The van der Waals surface area contributed by atoms with Crippen LogP contribution < -0.4 is 4.74 Å². The minimum atomic E-state index is -3.95. The van der Waals surface area contributed by atoms with Crippen LogP contribution in [0.3, 0.4) is 0 Å². The predicted molar refractivity (Wildman–Crippen MR) is 153 cm³/mol. The van der Waals surface area contributed by atoms with E-state index in [0.29, 0.717) is 11.3 Å². The van der Waals surface area contributed by atoms with E-state index in [2.05, 4.69) is 26.5 Å². The molecule has 0 N–H and O–H groups in total. The van der Waals surface area contributed by atoms with Crippen LogP contribution in [0, 0.1) is 19.3 Å². The van der Waals surface area contributed by atoms with E-state index >= 15 is 0 Å². The summed E-state index contributed by atoms with van der Waals surface area (Å²) in [5, 5.41) is 0. The summed E-state index contributed by atoms with van der Waals surface area (Å²) in [7, 11) is -2.72. The topological polar surface area (TPSA) is 90.0 Å². The summed E-state index contributed by atoms with van der Waals surface area (Å²) < 4.78 is 39.0. The number of esters is 1. The number of benzene rings is 1. The highest BCUT2D eigenvalue weighted by Crippen LogP contribution is 2.45. The van der Waals surface area contributed by atoms with Crippen molar-refractivity contribution in [2.24, 2.45) is 5.41 Å². The molecule has 2 aromatic rings. The van der Waals surface area contributed by atoms with Crippen LogP contribution in [0.2, 0.25) is 0 Å². The number of carbonyl (C=O) groups excluding carboxylic acids is 2. The maximum Gasteiger partial charge on any atom is 0.321 e. The van der Waals surface area contributed by atoms with Crippen molar-refractivity contribution in [2.75, 3.05) is 26.8 Å². The molecule has 1 aromatic carbocycles. The van der Waals surface area contributed by atoms with Gasteiger partial charge in [-0.2, -0.15) is 4.31 Å². The number of hydrogen-bond acceptors (Lipinski definition) is 7. The van der Waals surface area contributed by atoms with Crippen LogP contribution in [-0.4, -0.2) is 51.3 Å². The van der Waals surface area contributed by atoms with Crippen LogP contribution in [0.4, 0.5) is 0 Å². The summed E-state index contributed by atoms with van der Waals surface area (Å²) in [4.78, 5) is 25.2. The van der Waals surface area contributed by atoms with Crippen LogP contribution in [-0.2, 0) is 29.8 Å². The highest BCUT2D eigenvalue weighted by atomic mass is 32.2. The molecular weight excluding hydrogens is 522 g/mol. The van der Waals surface area contributed by atoms with Gasteiger partial charge in [0.2, 0.25) is 0 Å². The Balaban J connectivity index is 2.50. The fourth-order valence-corrected chi connectivity index (χ4v) is 7.83. The number of hydrogen-bond donors (Lipinski definition) is 0. The Morgan fingerprint density at radius 2 is 1.71 bits per heavy atom. The molecule has 210 valence electrons. The Bertz CT molecular complexity index is 1270. The van der Waals surface area contributed by atoms with Crippen molar-refractivity contribution in [3.05, 3.63) is 58.5 Å². The SMILES string of the molecule is C=CCN(CC(=O)OC)S(=O)(=O)c1sc(C(CC)(CC)c2ccc(OCC(=O)C(C)(C)C)c(C)c2)cc1C. The number of sulfonamides is 1. The van der Waals surface area contributed by atoms with Crippen LogP contribution in [0.25, 0.3) is 0 Å². The number of rotatable bonds is 13. The van der Waals surface area contributed by atoms with Gasteiger partial charge in [-0.15, -0.1) is 17.9 Å². The van der Waals surface area contributed by atoms with Gasteiger partial charge in [0.05, 0.1) is 7.11 Å². The van der Waals surface area contributed by atoms with Gasteiger partial charge in [-0.05, 0) is 55.5 Å². The van der Waals surface area contributed by atoms with E-state index in [1.54, 1.807) is 6.92 Å². The molecule has 2 rings (SSSR count). The summed E-state index contributed by atoms with van der Waals surface area (Å²) in [5.74, 6) is 0.0437. The van der Waals surface area contributed by atoms with Crippen LogP contribution in [0.15, 0.2) is 41.1 Å². The maximum atomic E-state index is 13.6. The largest absolute Gasteiger partial charge is 0.486 e. The lowest BCUT2D eigenvalue weighted by Crippen LogP contribution is -2.36. The fourth-order valence-electron chi connectivity index (χ4n) is 4.29. The van der Waals surface area contributed by atoms with Crippen molar-refractivity contribution >= 4 is 33.1 Å². The molecule has 1 aromatic heterocycles. The molecule has 0 unspecified atom stereocenters. The van der Waals surface area contributed by atoms with Gasteiger partial charge in [-0.1, -0.05) is 52.8 Å². The monoisotopic (exact) mass is 563 g/mol. The highest BCUT2D eigenvalue weighted by molar-refractivity contribution is 7.91. The minimum Gasteiger partial charge on any atom is -0.486 e. The molecule has 0 aliphatic heterocycles. The number of nitrogens with zero attached hydrogens (tertiary/aromatic N) is 1. The summed E-state index contributed by atoms with van der Waals surface area (Å²) in [6.45, 7) is 16.8. The zero-order valence-electron chi connectivity index (χ0n) is 23.8. The van der Waals surface area contributed by atoms with Crippen LogP contribution >= 0.6 is 11.3 Å². The van der Waals surface area contributed by atoms with Crippen LogP contribution in [0.5, 0.6) is 5.75 Å². The van der Waals surface area contributed by atoms with Gasteiger partial charge in [0.1, 0.15) is 23.1 Å². The number of Topliss-reactive ketones (excluding diaryl/α,β-unsaturated/α-hetero) is 1. The Kier molecular flexibility index (Phi) is 10.5. The first-order valence-corrected chi connectivity index (χ1v) is 15.0. The van der Waals surface area contributed by atoms with Crippen molar-refractivity contribution in [2.45, 2.75) is 70.9 Å². The Morgan fingerprint density at radius 1 is 1.08 bits per heavy atom. The number of methoxy groups -OCH3 is 1. The van der Waals surface area contributed by atoms with Gasteiger partial charge < -0.3 is 9.47 Å². The van der Waals surface area contributed by atoms with E-state index in [-0.39, 0.29) is 29.7 Å². The van der Waals surface area contributed by atoms with E-state index in [4.69, 9.17) is 9.47 Å². The number of ketones is 1. The number of thiophene rings is 1. The maximum absolute atomic E-state index is 13.6. The second kappa shape index (κ2) is 12.6. The predicted octanol–water partition coefficient (Wildman–Crippen LogP) is 5.81. The molecule has 0 aliphatic carbocycles. The molecule has 9 heteroatoms. The van der Waals surface area contributed by atoms with E-state index < -0.39 is 26.8 Å². The van der Waals surface area contributed by atoms with Gasteiger partial charge >= 0.3 is 5.97 Å². The highest BCUT2D eigenvalue weighted by Gasteiger charge is 2.37. The smallest absolute Gasteiger partial charge is 0.321 e. The normalized spacial score (nSPS) is 12.4. The van der Waals surface area contributed by atoms with Gasteiger partial charge in [0.15, 0.2) is 5.78 Å². The van der Waals surface area contributed by atoms with Crippen LogP contribution in [0.1, 0.15) is 69.0 Å². The van der Waals surface area contributed by atoms with Crippen molar-refractivity contribution in [1.82, 2.24) is 4.31 Å². The van der Waals surface area contributed by atoms with E-state index in [1.165, 1.54) is 24.5 Å². The number of aryl methyl sites for hydroxylation is 2.